The Bertz CT molecular complexity index is 543. The summed E-state index contributed by atoms with van der Waals surface area (Å²) in [6.07, 6.45) is -1.87. The van der Waals surface area contributed by atoms with Crippen LogP contribution in [-0.2, 0) is 4.79 Å². The van der Waals surface area contributed by atoms with Crippen molar-refractivity contribution in [2.24, 2.45) is 11.8 Å². The van der Waals surface area contributed by atoms with Crippen LogP contribution in [0.2, 0.25) is 0 Å². The van der Waals surface area contributed by atoms with Gasteiger partial charge in [-0.25, -0.2) is 0 Å². The lowest BCUT2D eigenvalue weighted by molar-refractivity contribution is -0.189. The molecular formula is C17H20F3NO. The molecule has 0 aromatic heterocycles. The number of hydrogen-bond donors (Lipinski definition) is 0. The van der Waals surface area contributed by atoms with Crippen molar-refractivity contribution in [2.75, 3.05) is 6.54 Å². The second-order valence-electron chi connectivity index (χ2n) is 6.35. The van der Waals surface area contributed by atoms with Gasteiger partial charge in [0, 0.05) is 18.5 Å². The van der Waals surface area contributed by atoms with Crippen molar-refractivity contribution < 1.29 is 18.0 Å². The van der Waals surface area contributed by atoms with E-state index < -0.39 is 12.1 Å². The zero-order chi connectivity index (χ0) is 15.9. The van der Waals surface area contributed by atoms with Gasteiger partial charge in [0.15, 0.2) is 0 Å². The molecule has 1 aromatic carbocycles. The van der Waals surface area contributed by atoms with Gasteiger partial charge in [0.1, 0.15) is 0 Å². The van der Waals surface area contributed by atoms with Gasteiger partial charge in [0.2, 0.25) is 0 Å². The molecule has 4 atom stereocenters. The molecule has 0 aliphatic heterocycles. The summed E-state index contributed by atoms with van der Waals surface area (Å²) in [6, 6.07) is 9.37. The Morgan fingerprint density at radius 1 is 1.18 bits per heavy atom. The van der Waals surface area contributed by atoms with Crippen LogP contribution in [-0.4, -0.2) is 29.6 Å². The van der Waals surface area contributed by atoms with Crippen LogP contribution in [0.3, 0.4) is 0 Å². The van der Waals surface area contributed by atoms with Crippen molar-refractivity contribution in [3.8, 4) is 0 Å². The SMILES string of the molecule is CCN(C(=O)C(F)(F)F)C1C2CCC(C2)C1c1ccccc1. The normalized spacial score (nSPS) is 30.5. The van der Waals surface area contributed by atoms with E-state index in [0.717, 1.165) is 29.7 Å². The Balaban J connectivity index is 1.94. The van der Waals surface area contributed by atoms with Crippen LogP contribution in [0.15, 0.2) is 30.3 Å². The van der Waals surface area contributed by atoms with Crippen molar-refractivity contribution in [2.45, 2.75) is 44.3 Å². The highest BCUT2D eigenvalue weighted by molar-refractivity contribution is 5.82. The van der Waals surface area contributed by atoms with E-state index in [9.17, 15) is 18.0 Å². The molecule has 2 bridgehead atoms. The zero-order valence-corrected chi connectivity index (χ0v) is 12.5. The molecule has 5 heteroatoms. The maximum absolute atomic E-state index is 12.9. The van der Waals surface area contributed by atoms with E-state index in [0.29, 0.717) is 5.92 Å². The summed E-state index contributed by atoms with van der Waals surface area (Å²) in [6.45, 7) is 1.74. The molecule has 0 heterocycles. The van der Waals surface area contributed by atoms with Crippen LogP contribution < -0.4 is 0 Å². The number of hydrogen-bond acceptors (Lipinski definition) is 1. The van der Waals surface area contributed by atoms with E-state index in [1.54, 1.807) is 6.92 Å². The number of likely N-dealkylation sites (N-methyl/N-ethyl adjacent to an activating group) is 1. The molecule has 1 amide bonds. The van der Waals surface area contributed by atoms with E-state index in [2.05, 4.69) is 0 Å². The lowest BCUT2D eigenvalue weighted by atomic mass is 9.79. The van der Waals surface area contributed by atoms with Gasteiger partial charge >= 0.3 is 12.1 Å². The largest absolute Gasteiger partial charge is 0.471 e. The minimum Gasteiger partial charge on any atom is -0.331 e. The zero-order valence-electron chi connectivity index (χ0n) is 12.5. The Morgan fingerprint density at radius 2 is 1.82 bits per heavy atom. The van der Waals surface area contributed by atoms with Crippen LogP contribution in [0.25, 0.3) is 0 Å². The highest BCUT2D eigenvalue weighted by atomic mass is 19.4. The first-order chi connectivity index (χ1) is 10.4. The number of fused-ring (bicyclic) bond motifs is 2. The molecule has 2 fully saturated rings. The third-order valence-corrected chi connectivity index (χ3v) is 5.26. The molecule has 3 rings (SSSR count). The number of rotatable bonds is 3. The van der Waals surface area contributed by atoms with Crippen LogP contribution >= 0.6 is 0 Å². The Hall–Kier alpha value is -1.52. The fourth-order valence-corrected chi connectivity index (χ4v) is 4.51. The van der Waals surface area contributed by atoms with E-state index in [1.165, 1.54) is 0 Å². The molecule has 120 valence electrons. The number of amides is 1. The molecule has 4 unspecified atom stereocenters. The molecule has 2 aliphatic rings. The van der Waals surface area contributed by atoms with Crippen LogP contribution in [0.1, 0.15) is 37.7 Å². The molecule has 1 aromatic rings. The molecule has 2 aliphatic carbocycles. The van der Waals surface area contributed by atoms with Crippen molar-refractivity contribution in [3.63, 3.8) is 0 Å². The highest BCUT2D eigenvalue weighted by Crippen LogP contribution is 2.55. The van der Waals surface area contributed by atoms with E-state index in [-0.39, 0.29) is 24.4 Å². The number of carbonyl (C=O) groups excluding carboxylic acids is 1. The third-order valence-electron chi connectivity index (χ3n) is 5.26. The Labute approximate surface area is 128 Å². The van der Waals surface area contributed by atoms with Gasteiger partial charge in [-0.15, -0.1) is 0 Å². The fraction of sp³-hybridized carbons (Fsp3) is 0.588. The van der Waals surface area contributed by atoms with Crippen molar-refractivity contribution >= 4 is 5.91 Å². The second kappa shape index (κ2) is 5.60. The molecule has 0 spiro atoms. The maximum Gasteiger partial charge on any atom is 0.471 e. The fourth-order valence-electron chi connectivity index (χ4n) is 4.51. The number of carbonyl (C=O) groups is 1. The third kappa shape index (κ3) is 2.50. The monoisotopic (exact) mass is 311 g/mol. The lowest BCUT2D eigenvalue weighted by Gasteiger charge is -2.39. The molecule has 0 N–H and O–H groups in total. The van der Waals surface area contributed by atoms with Crippen LogP contribution in [0.4, 0.5) is 13.2 Å². The van der Waals surface area contributed by atoms with Crippen LogP contribution in [0, 0.1) is 11.8 Å². The van der Waals surface area contributed by atoms with Gasteiger partial charge in [0.05, 0.1) is 0 Å². The van der Waals surface area contributed by atoms with Crippen molar-refractivity contribution in [3.05, 3.63) is 35.9 Å². The minimum atomic E-state index is -4.79. The van der Waals surface area contributed by atoms with Gasteiger partial charge in [-0.1, -0.05) is 30.3 Å². The topological polar surface area (TPSA) is 20.3 Å². The number of benzene rings is 1. The first-order valence-electron chi connectivity index (χ1n) is 7.86. The summed E-state index contributed by atoms with van der Waals surface area (Å²) in [5, 5.41) is 0. The maximum atomic E-state index is 12.9. The molecule has 22 heavy (non-hydrogen) atoms. The number of alkyl halides is 3. The summed E-state index contributed by atoms with van der Waals surface area (Å²) in [7, 11) is 0. The van der Waals surface area contributed by atoms with Crippen molar-refractivity contribution in [1.82, 2.24) is 4.90 Å². The van der Waals surface area contributed by atoms with Gasteiger partial charge < -0.3 is 4.90 Å². The standard InChI is InChI=1S/C17H20F3NO/c1-2-21(16(22)17(18,19)20)15-13-9-8-12(10-13)14(15)11-6-4-3-5-7-11/h3-7,12-15H,2,8-10H2,1H3. The predicted molar refractivity (Wildman–Crippen MR) is 77.2 cm³/mol. The number of halogens is 3. The smallest absolute Gasteiger partial charge is 0.331 e. The average molecular weight is 311 g/mol. The van der Waals surface area contributed by atoms with Crippen molar-refractivity contribution in [1.29, 1.82) is 0 Å². The lowest BCUT2D eigenvalue weighted by Crippen LogP contribution is -2.51. The molecular weight excluding hydrogens is 291 g/mol. The summed E-state index contributed by atoms with van der Waals surface area (Å²) in [4.78, 5) is 12.9. The van der Waals surface area contributed by atoms with E-state index >= 15 is 0 Å². The Kier molecular flexibility index (Phi) is 3.91. The molecule has 0 radical (unpaired) electrons. The highest BCUT2D eigenvalue weighted by Gasteiger charge is 2.54. The van der Waals surface area contributed by atoms with E-state index in [4.69, 9.17) is 0 Å². The first-order valence-corrected chi connectivity index (χ1v) is 7.86. The summed E-state index contributed by atoms with van der Waals surface area (Å²) >= 11 is 0. The van der Waals surface area contributed by atoms with Gasteiger partial charge in [0.25, 0.3) is 0 Å². The van der Waals surface area contributed by atoms with E-state index in [1.807, 2.05) is 30.3 Å². The second-order valence-corrected chi connectivity index (χ2v) is 6.35. The number of nitrogens with zero attached hydrogens (tertiary/aromatic N) is 1. The quantitative estimate of drug-likeness (QED) is 0.827. The van der Waals surface area contributed by atoms with Gasteiger partial charge in [-0.05, 0) is 43.6 Å². The van der Waals surface area contributed by atoms with Gasteiger partial charge in [-0.2, -0.15) is 13.2 Å². The minimum absolute atomic E-state index is 0.0335. The first kappa shape index (κ1) is 15.4. The average Bonchev–Trinajstić information content (AvgIpc) is 3.09. The molecule has 2 saturated carbocycles. The predicted octanol–water partition coefficient (Wildman–Crippen LogP) is 3.98. The van der Waals surface area contributed by atoms with Gasteiger partial charge in [-0.3, -0.25) is 4.79 Å². The Morgan fingerprint density at radius 3 is 2.41 bits per heavy atom. The summed E-state index contributed by atoms with van der Waals surface area (Å²) in [5.74, 6) is -1.06. The molecule has 0 saturated heterocycles. The summed E-state index contributed by atoms with van der Waals surface area (Å²) in [5.41, 5.74) is 1.06. The van der Waals surface area contributed by atoms with Crippen LogP contribution in [0.5, 0.6) is 0 Å². The summed E-state index contributed by atoms with van der Waals surface area (Å²) < 4.78 is 38.8. The molecule has 2 nitrogen and oxygen atoms in total.